The van der Waals surface area contributed by atoms with Crippen molar-refractivity contribution in [1.29, 1.82) is 0 Å². The zero-order valence-corrected chi connectivity index (χ0v) is 9.74. The number of benzene rings is 1. The molecule has 0 heterocycles. The van der Waals surface area contributed by atoms with Gasteiger partial charge in [0.1, 0.15) is 0 Å². The number of nitrogens with two attached hydrogens (primary N) is 1. The van der Waals surface area contributed by atoms with E-state index >= 15 is 0 Å². The third-order valence-corrected chi connectivity index (χ3v) is 2.63. The Morgan fingerprint density at radius 3 is 2.65 bits per heavy atom. The zero-order chi connectivity index (χ0) is 13.0. The van der Waals surface area contributed by atoms with Crippen molar-refractivity contribution in [2.45, 2.75) is 25.3 Å². The van der Waals surface area contributed by atoms with Crippen molar-refractivity contribution in [3.05, 3.63) is 35.4 Å². The Bertz CT molecular complexity index is 407. The fourth-order valence-electron chi connectivity index (χ4n) is 1.65. The van der Waals surface area contributed by atoms with Crippen LogP contribution in [0.15, 0.2) is 18.2 Å². The second-order valence-electron chi connectivity index (χ2n) is 3.89. The maximum absolute atomic E-state index is 13.6. The summed E-state index contributed by atoms with van der Waals surface area (Å²) in [4.78, 5) is 11.2. The van der Waals surface area contributed by atoms with E-state index in [9.17, 15) is 13.6 Å². The molecule has 1 rings (SSSR count). The summed E-state index contributed by atoms with van der Waals surface area (Å²) in [5.41, 5.74) is 5.80. The van der Waals surface area contributed by atoms with E-state index in [1.807, 2.05) is 0 Å². The predicted octanol–water partition coefficient (Wildman–Crippen LogP) is 1.96. The molecule has 2 N–H and O–H groups in total. The lowest BCUT2D eigenvalue weighted by Gasteiger charge is -2.20. The first kappa shape index (κ1) is 13.6. The molecule has 0 aliphatic carbocycles. The largest absolute Gasteiger partial charge is 0.469 e. The molecule has 0 saturated carbocycles. The first-order chi connectivity index (χ1) is 7.97. The Kier molecular flexibility index (Phi) is 4.57. The molecule has 1 aromatic carbocycles. The molecular formula is C12H15F2NO2. The van der Waals surface area contributed by atoms with Crippen molar-refractivity contribution >= 4 is 5.97 Å². The summed E-state index contributed by atoms with van der Waals surface area (Å²) in [6.45, 7) is 1.64. The van der Waals surface area contributed by atoms with Crippen molar-refractivity contribution in [2.75, 3.05) is 7.11 Å². The molecule has 94 valence electrons. The van der Waals surface area contributed by atoms with Crippen LogP contribution in [0.25, 0.3) is 0 Å². The number of methoxy groups -OCH3 is 1. The van der Waals surface area contributed by atoms with Crippen molar-refractivity contribution in [2.24, 2.45) is 5.73 Å². The highest BCUT2D eigenvalue weighted by Crippen LogP contribution is 2.26. The van der Waals surface area contributed by atoms with Gasteiger partial charge in [0.05, 0.1) is 13.5 Å². The van der Waals surface area contributed by atoms with Gasteiger partial charge >= 0.3 is 5.97 Å². The van der Waals surface area contributed by atoms with Crippen molar-refractivity contribution in [1.82, 2.24) is 0 Å². The number of carbonyl (C=O) groups is 1. The normalized spacial score (nSPS) is 14.2. The summed E-state index contributed by atoms with van der Waals surface area (Å²) in [5.74, 6) is -3.01. The van der Waals surface area contributed by atoms with E-state index in [2.05, 4.69) is 4.74 Å². The lowest BCUT2D eigenvalue weighted by Crippen LogP contribution is -2.28. The van der Waals surface area contributed by atoms with Crippen LogP contribution in [0, 0.1) is 11.6 Å². The average molecular weight is 243 g/mol. The Hall–Kier alpha value is -1.49. The van der Waals surface area contributed by atoms with Crippen LogP contribution in [-0.4, -0.2) is 19.1 Å². The fraction of sp³-hybridized carbons (Fsp3) is 0.417. The van der Waals surface area contributed by atoms with Crippen LogP contribution in [0.2, 0.25) is 0 Å². The number of carbonyl (C=O) groups excluding carboxylic acids is 1. The molecule has 0 radical (unpaired) electrons. The molecule has 0 aliphatic rings. The number of hydrogen-bond donors (Lipinski definition) is 1. The molecular weight excluding hydrogens is 228 g/mol. The summed E-state index contributed by atoms with van der Waals surface area (Å²) in [7, 11) is 1.24. The Labute approximate surface area is 98.6 Å². The van der Waals surface area contributed by atoms with Gasteiger partial charge < -0.3 is 10.5 Å². The molecule has 0 aromatic heterocycles. The van der Waals surface area contributed by atoms with Crippen molar-refractivity contribution in [3.8, 4) is 0 Å². The van der Waals surface area contributed by atoms with E-state index in [1.54, 1.807) is 6.92 Å². The summed E-state index contributed by atoms with van der Waals surface area (Å²) in [6, 6.07) is 3.36. The standard InChI is InChI=1S/C12H15F2NO2/c1-7(15)9(6-11(16)17-2)8-4-3-5-10(13)12(8)14/h3-5,7,9H,6,15H2,1-2H3. The van der Waals surface area contributed by atoms with Crippen LogP contribution in [0.1, 0.15) is 24.8 Å². The number of halogens is 2. The molecule has 2 atom stereocenters. The third-order valence-electron chi connectivity index (χ3n) is 2.63. The lowest BCUT2D eigenvalue weighted by atomic mass is 9.89. The summed E-state index contributed by atoms with van der Waals surface area (Å²) >= 11 is 0. The second kappa shape index (κ2) is 5.72. The first-order valence-corrected chi connectivity index (χ1v) is 5.23. The molecule has 0 spiro atoms. The number of hydrogen-bond acceptors (Lipinski definition) is 3. The summed E-state index contributed by atoms with van der Waals surface area (Å²) in [5, 5.41) is 0. The van der Waals surface area contributed by atoms with Gasteiger partial charge in [-0.05, 0) is 18.6 Å². The van der Waals surface area contributed by atoms with Gasteiger partial charge in [-0.2, -0.15) is 0 Å². The number of ether oxygens (including phenoxy) is 1. The van der Waals surface area contributed by atoms with Crippen LogP contribution < -0.4 is 5.73 Å². The average Bonchev–Trinajstić information content (AvgIpc) is 2.29. The second-order valence-corrected chi connectivity index (χ2v) is 3.89. The number of rotatable bonds is 4. The van der Waals surface area contributed by atoms with E-state index in [-0.39, 0.29) is 12.0 Å². The molecule has 5 heteroatoms. The van der Waals surface area contributed by atoms with Gasteiger partial charge in [-0.15, -0.1) is 0 Å². The first-order valence-electron chi connectivity index (χ1n) is 5.23. The minimum atomic E-state index is -0.960. The molecule has 0 saturated heterocycles. The molecule has 0 aliphatic heterocycles. The third kappa shape index (κ3) is 3.23. The van der Waals surface area contributed by atoms with Crippen LogP contribution in [0.4, 0.5) is 8.78 Å². The molecule has 3 nitrogen and oxygen atoms in total. The van der Waals surface area contributed by atoms with Gasteiger partial charge in [0.2, 0.25) is 0 Å². The van der Waals surface area contributed by atoms with Crippen LogP contribution in [0.3, 0.4) is 0 Å². The van der Waals surface area contributed by atoms with E-state index in [0.29, 0.717) is 0 Å². The Balaban J connectivity index is 3.06. The van der Waals surface area contributed by atoms with Gasteiger partial charge in [-0.25, -0.2) is 8.78 Å². The summed E-state index contributed by atoms with van der Waals surface area (Å²) in [6.07, 6.45) is -0.0749. The lowest BCUT2D eigenvalue weighted by molar-refractivity contribution is -0.141. The van der Waals surface area contributed by atoms with E-state index in [1.165, 1.54) is 19.2 Å². The van der Waals surface area contributed by atoms with Crippen LogP contribution in [-0.2, 0) is 9.53 Å². The van der Waals surface area contributed by atoms with Gasteiger partial charge in [-0.1, -0.05) is 12.1 Å². The van der Waals surface area contributed by atoms with Gasteiger partial charge in [0, 0.05) is 12.0 Å². The zero-order valence-electron chi connectivity index (χ0n) is 9.74. The maximum atomic E-state index is 13.6. The maximum Gasteiger partial charge on any atom is 0.306 e. The predicted molar refractivity (Wildman–Crippen MR) is 59.4 cm³/mol. The van der Waals surface area contributed by atoms with Crippen LogP contribution >= 0.6 is 0 Å². The van der Waals surface area contributed by atoms with E-state index < -0.39 is 29.6 Å². The molecule has 0 bridgehead atoms. The van der Waals surface area contributed by atoms with Gasteiger partial charge in [0.15, 0.2) is 11.6 Å². The minimum Gasteiger partial charge on any atom is -0.469 e. The molecule has 0 fully saturated rings. The molecule has 2 unspecified atom stereocenters. The number of esters is 1. The fourth-order valence-corrected chi connectivity index (χ4v) is 1.65. The van der Waals surface area contributed by atoms with Crippen molar-refractivity contribution < 1.29 is 18.3 Å². The molecule has 17 heavy (non-hydrogen) atoms. The Morgan fingerprint density at radius 2 is 2.12 bits per heavy atom. The smallest absolute Gasteiger partial charge is 0.306 e. The van der Waals surface area contributed by atoms with Crippen molar-refractivity contribution in [3.63, 3.8) is 0 Å². The Morgan fingerprint density at radius 1 is 1.47 bits per heavy atom. The van der Waals surface area contributed by atoms with Crippen LogP contribution in [0.5, 0.6) is 0 Å². The highest BCUT2D eigenvalue weighted by Gasteiger charge is 2.24. The van der Waals surface area contributed by atoms with Gasteiger partial charge in [-0.3, -0.25) is 4.79 Å². The van der Waals surface area contributed by atoms with Gasteiger partial charge in [0.25, 0.3) is 0 Å². The molecule has 0 amide bonds. The SMILES string of the molecule is COC(=O)CC(c1cccc(F)c1F)C(C)N. The highest BCUT2D eigenvalue weighted by molar-refractivity contribution is 5.70. The summed E-state index contributed by atoms with van der Waals surface area (Å²) < 4.78 is 31.2. The minimum absolute atomic E-state index is 0.0749. The molecule has 1 aromatic rings. The highest BCUT2D eigenvalue weighted by atomic mass is 19.2. The monoisotopic (exact) mass is 243 g/mol. The van der Waals surface area contributed by atoms with E-state index in [0.717, 1.165) is 6.07 Å². The van der Waals surface area contributed by atoms with E-state index in [4.69, 9.17) is 5.73 Å². The topological polar surface area (TPSA) is 52.3 Å². The quantitative estimate of drug-likeness (QED) is 0.822.